The summed E-state index contributed by atoms with van der Waals surface area (Å²) >= 11 is 16.5. The van der Waals surface area contributed by atoms with Crippen LogP contribution in [0.5, 0.6) is 0 Å². The first kappa shape index (κ1) is 22.7. The van der Waals surface area contributed by atoms with E-state index in [1.807, 2.05) is 18.7 Å². The molecule has 0 aromatic carbocycles. The molecule has 6 nitrogen and oxygen atoms in total. The van der Waals surface area contributed by atoms with Crippen LogP contribution in [0.25, 0.3) is 0 Å². The van der Waals surface area contributed by atoms with Crippen LogP contribution in [0.1, 0.15) is 46.0 Å². The minimum atomic E-state index is -0.433. The molecule has 136 valence electrons. The molecule has 1 aliphatic rings. The zero-order chi connectivity index (χ0) is 17.7. The highest BCUT2D eigenvalue weighted by Gasteiger charge is 2.19. The summed E-state index contributed by atoms with van der Waals surface area (Å²) in [5.74, 6) is 0.212. The SMILES string of the molecule is CCN(CC)C(Cl)Cl.O=NN(CCCl)C(=O)NC1CCCCC1. The Morgan fingerprint density at radius 3 is 2.13 bits per heavy atom. The van der Waals surface area contributed by atoms with Gasteiger partial charge in [0.2, 0.25) is 0 Å². The number of nitrogens with one attached hydrogen (secondary N) is 1. The van der Waals surface area contributed by atoms with Crippen molar-refractivity contribution in [2.24, 2.45) is 5.29 Å². The van der Waals surface area contributed by atoms with Gasteiger partial charge in [-0.25, -0.2) is 4.79 Å². The zero-order valence-corrected chi connectivity index (χ0v) is 16.1. The van der Waals surface area contributed by atoms with E-state index in [9.17, 15) is 9.70 Å². The molecule has 9 heteroatoms. The molecular formula is C14H27Cl3N4O2. The standard InChI is InChI=1S/C9H16ClN3O2.C5H11Cl2N/c10-6-7-13(12-15)9(14)11-8-4-2-1-3-5-8;1-3-8(4-2)5(6)7/h8H,1-7H2,(H,11,14);5H,3-4H2,1-2H3. The highest BCUT2D eigenvalue weighted by molar-refractivity contribution is 6.43. The van der Waals surface area contributed by atoms with Crippen LogP contribution in [0.2, 0.25) is 0 Å². The van der Waals surface area contributed by atoms with Crippen molar-refractivity contribution in [2.75, 3.05) is 25.5 Å². The molecule has 1 rings (SSSR count). The summed E-state index contributed by atoms with van der Waals surface area (Å²) in [7, 11) is 0. The lowest BCUT2D eigenvalue weighted by molar-refractivity contribution is 0.194. The van der Waals surface area contributed by atoms with E-state index in [1.54, 1.807) is 0 Å². The summed E-state index contributed by atoms with van der Waals surface area (Å²) in [6.45, 7) is 6.04. The van der Waals surface area contributed by atoms with Gasteiger partial charge in [-0.3, -0.25) is 4.90 Å². The Hall–Kier alpha value is -0.300. The zero-order valence-electron chi connectivity index (χ0n) is 13.8. The first-order valence-electron chi connectivity index (χ1n) is 7.99. The smallest absolute Gasteiger partial charge is 0.334 e. The fourth-order valence-corrected chi connectivity index (χ4v) is 2.97. The molecule has 0 heterocycles. The lowest BCUT2D eigenvalue weighted by Crippen LogP contribution is -2.43. The average molecular weight is 390 g/mol. The summed E-state index contributed by atoms with van der Waals surface area (Å²) in [6, 6.07) is -0.247. The molecule has 0 saturated heterocycles. The third-order valence-electron chi connectivity index (χ3n) is 3.65. The third kappa shape index (κ3) is 10.2. The second-order valence-electron chi connectivity index (χ2n) is 5.18. The Labute approximate surface area is 153 Å². The number of amides is 2. The summed E-state index contributed by atoms with van der Waals surface area (Å²) in [6.07, 6.45) is 5.46. The van der Waals surface area contributed by atoms with E-state index in [0.29, 0.717) is 0 Å². The number of hydrogen-bond acceptors (Lipinski definition) is 4. The van der Waals surface area contributed by atoms with Gasteiger partial charge in [-0.1, -0.05) is 56.3 Å². The Bertz CT molecular complexity index is 325. The monoisotopic (exact) mass is 388 g/mol. The summed E-state index contributed by atoms with van der Waals surface area (Å²) in [5.41, 5.74) is 0. The summed E-state index contributed by atoms with van der Waals surface area (Å²) in [5, 5.41) is 6.25. The van der Waals surface area contributed by atoms with Crippen LogP contribution >= 0.6 is 34.8 Å². The molecule has 1 N–H and O–H groups in total. The van der Waals surface area contributed by atoms with Gasteiger partial charge in [0, 0.05) is 11.9 Å². The van der Waals surface area contributed by atoms with E-state index in [1.165, 1.54) is 6.42 Å². The van der Waals surface area contributed by atoms with Crippen molar-refractivity contribution in [3.05, 3.63) is 4.91 Å². The topological polar surface area (TPSA) is 65.0 Å². The van der Waals surface area contributed by atoms with Crippen molar-refractivity contribution >= 4 is 40.8 Å². The third-order valence-corrected chi connectivity index (χ3v) is 4.37. The number of halogens is 3. The van der Waals surface area contributed by atoms with E-state index in [4.69, 9.17) is 34.8 Å². The molecule has 2 amide bonds. The van der Waals surface area contributed by atoms with Gasteiger partial charge >= 0.3 is 6.03 Å². The van der Waals surface area contributed by atoms with E-state index in [0.717, 1.165) is 43.8 Å². The van der Waals surface area contributed by atoms with Gasteiger partial charge in [-0.2, -0.15) is 5.01 Å². The van der Waals surface area contributed by atoms with E-state index in [-0.39, 0.29) is 23.4 Å². The maximum absolute atomic E-state index is 11.5. The maximum atomic E-state index is 11.5. The van der Waals surface area contributed by atoms with Crippen LogP contribution in [0, 0.1) is 4.91 Å². The average Bonchev–Trinajstić information content (AvgIpc) is 2.55. The number of alkyl halides is 3. The van der Waals surface area contributed by atoms with Gasteiger partial charge in [0.05, 0.1) is 11.8 Å². The predicted molar refractivity (Wildman–Crippen MR) is 97.0 cm³/mol. The quantitative estimate of drug-likeness (QED) is 0.305. The van der Waals surface area contributed by atoms with Crippen LogP contribution in [-0.4, -0.2) is 52.5 Å². The highest BCUT2D eigenvalue weighted by atomic mass is 35.5. The Morgan fingerprint density at radius 2 is 1.78 bits per heavy atom. The molecular weight excluding hydrogens is 363 g/mol. The first-order valence-corrected chi connectivity index (χ1v) is 9.40. The molecule has 0 radical (unpaired) electrons. The van der Waals surface area contributed by atoms with Crippen LogP contribution < -0.4 is 5.32 Å². The molecule has 0 unspecified atom stereocenters. The normalized spacial score (nSPS) is 15.1. The van der Waals surface area contributed by atoms with Gasteiger partial charge in [-0.05, 0) is 25.9 Å². The summed E-state index contributed by atoms with van der Waals surface area (Å²) in [4.78, 5) is 23.4. The van der Waals surface area contributed by atoms with E-state index >= 15 is 0 Å². The summed E-state index contributed by atoms with van der Waals surface area (Å²) < 4.78 is 0. The van der Waals surface area contributed by atoms with Crippen LogP contribution in [-0.2, 0) is 0 Å². The number of carbonyl (C=O) groups excluding carboxylic acids is 1. The van der Waals surface area contributed by atoms with Crippen molar-refractivity contribution in [3.63, 3.8) is 0 Å². The molecule has 0 atom stereocenters. The van der Waals surface area contributed by atoms with Gasteiger partial charge in [-0.15, -0.1) is 16.5 Å². The van der Waals surface area contributed by atoms with Gasteiger partial charge in [0.25, 0.3) is 0 Å². The molecule has 0 aromatic heterocycles. The Kier molecular flexibility index (Phi) is 13.9. The van der Waals surface area contributed by atoms with E-state index in [2.05, 4.69) is 10.6 Å². The fourth-order valence-electron chi connectivity index (χ4n) is 2.26. The number of urea groups is 1. The lowest BCUT2D eigenvalue weighted by atomic mass is 9.96. The molecule has 0 spiro atoms. The van der Waals surface area contributed by atoms with Crippen LogP contribution in [0.15, 0.2) is 5.29 Å². The largest absolute Gasteiger partial charge is 0.340 e. The van der Waals surface area contributed by atoms with Crippen molar-refractivity contribution in [2.45, 2.75) is 57.0 Å². The molecule has 1 saturated carbocycles. The molecule has 0 aromatic rings. The van der Waals surface area contributed by atoms with Crippen molar-refractivity contribution < 1.29 is 4.79 Å². The van der Waals surface area contributed by atoms with Gasteiger partial charge < -0.3 is 5.32 Å². The first-order chi connectivity index (χ1) is 11.0. The van der Waals surface area contributed by atoms with Crippen molar-refractivity contribution in [3.8, 4) is 0 Å². The fraction of sp³-hybridized carbons (Fsp3) is 0.929. The Balaban J connectivity index is 0.000000515. The minimum Gasteiger partial charge on any atom is -0.334 e. The number of rotatable bonds is 7. The van der Waals surface area contributed by atoms with E-state index < -0.39 is 6.03 Å². The van der Waals surface area contributed by atoms with Crippen molar-refractivity contribution in [1.29, 1.82) is 0 Å². The van der Waals surface area contributed by atoms with Crippen LogP contribution in [0.4, 0.5) is 4.79 Å². The molecule has 1 fully saturated rings. The molecule has 0 aliphatic heterocycles. The maximum Gasteiger partial charge on any atom is 0.340 e. The van der Waals surface area contributed by atoms with Crippen molar-refractivity contribution in [1.82, 2.24) is 15.2 Å². The van der Waals surface area contributed by atoms with Gasteiger partial charge in [0.15, 0.2) is 4.96 Å². The number of carbonyl (C=O) groups is 1. The highest BCUT2D eigenvalue weighted by Crippen LogP contribution is 2.17. The lowest BCUT2D eigenvalue weighted by Gasteiger charge is -2.24. The predicted octanol–water partition coefficient (Wildman–Crippen LogP) is 4.34. The number of nitroso groups, excluding NO2 is 1. The second-order valence-corrected chi connectivity index (χ2v) is 6.61. The number of nitrogens with zero attached hydrogens (tertiary/aromatic N) is 3. The molecule has 1 aliphatic carbocycles. The Morgan fingerprint density at radius 1 is 1.22 bits per heavy atom. The second kappa shape index (κ2) is 14.1. The number of hydrogen-bond donors (Lipinski definition) is 1. The molecule has 23 heavy (non-hydrogen) atoms. The minimum absolute atomic E-state index is 0.156. The van der Waals surface area contributed by atoms with Crippen LogP contribution in [0.3, 0.4) is 0 Å². The van der Waals surface area contributed by atoms with Gasteiger partial charge in [0.1, 0.15) is 0 Å². The molecule has 0 bridgehead atoms.